The monoisotopic (exact) mass is 191 g/mol. The second kappa shape index (κ2) is 5.49. The van der Waals surface area contributed by atoms with E-state index >= 15 is 0 Å². The van der Waals surface area contributed by atoms with E-state index < -0.39 is 0 Å². The summed E-state index contributed by atoms with van der Waals surface area (Å²) < 4.78 is 0. The molecule has 2 heteroatoms. The van der Waals surface area contributed by atoms with Gasteiger partial charge in [0.05, 0.1) is 5.01 Å². The zero-order chi connectivity index (χ0) is 9.52. The first-order chi connectivity index (χ1) is 6.36. The quantitative estimate of drug-likeness (QED) is 0.650. The van der Waals surface area contributed by atoms with Gasteiger partial charge >= 0.3 is 0 Å². The first kappa shape index (κ1) is 9.93. The fraction of sp³-hybridized carbons (Fsp3) is 0.182. The van der Waals surface area contributed by atoms with Gasteiger partial charge in [-0.15, -0.1) is 11.3 Å². The molecule has 1 nitrogen and oxygen atoms in total. The Labute approximate surface area is 83.1 Å². The third kappa shape index (κ3) is 3.38. The smallest absolute Gasteiger partial charge is 0.0928 e. The minimum atomic E-state index is 0.989. The van der Waals surface area contributed by atoms with Crippen molar-refractivity contribution in [2.75, 3.05) is 0 Å². The van der Waals surface area contributed by atoms with Crippen molar-refractivity contribution >= 4 is 11.3 Å². The van der Waals surface area contributed by atoms with Crippen molar-refractivity contribution in [3.63, 3.8) is 0 Å². The summed E-state index contributed by atoms with van der Waals surface area (Å²) in [5, 5.41) is 3.18. The van der Waals surface area contributed by atoms with Crippen LogP contribution in [0.4, 0.5) is 0 Å². The Morgan fingerprint density at radius 1 is 1.54 bits per heavy atom. The van der Waals surface area contributed by atoms with Crippen molar-refractivity contribution in [2.45, 2.75) is 12.8 Å². The van der Waals surface area contributed by atoms with Crippen LogP contribution in [-0.2, 0) is 6.42 Å². The van der Waals surface area contributed by atoms with Crippen LogP contribution in [0.25, 0.3) is 0 Å². The summed E-state index contributed by atoms with van der Waals surface area (Å²) in [7, 11) is 0. The highest BCUT2D eigenvalue weighted by Gasteiger charge is 1.96. The number of thiazole rings is 1. The van der Waals surface area contributed by atoms with E-state index in [1.54, 1.807) is 17.4 Å². The van der Waals surface area contributed by atoms with Gasteiger partial charge in [0.25, 0.3) is 0 Å². The van der Waals surface area contributed by atoms with Crippen LogP contribution in [0.2, 0.25) is 0 Å². The lowest BCUT2D eigenvalue weighted by Crippen LogP contribution is -1.85. The molecule has 1 aromatic heterocycles. The molecule has 1 heterocycles. The Balaban J connectivity index is 2.45. The molecule has 0 unspecified atom stereocenters. The molecule has 0 atom stereocenters. The Kier molecular flexibility index (Phi) is 4.19. The van der Waals surface area contributed by atoms with Crippen LogP contribution in [0.15, 0.2) is 48.5 Å². The van der Waals surface area contributed by atoms with Gasteiger partial charge < -0.3 is 0 Å². The molecule has 0 aliphatic heterocycles. The molecule has 0 fully saturated rings. The van der Waals surface area contributed by atoms with Crippen molar-refractivity contribution in [1.29, 1.82) is 0 Å². The normalized spacial score (nSPS) is 11.2. The average Bonchev–Trinajstić information content (AvgIpc) is 2.64. The van der Waals surface area contributed by atoms with Gasteiger partial charge in [0.1, 0.15) is 0 Å². The molecule has 0 saturated heterocycles. The number of aromatic nitrogens is 1. The fourth-order valence-corrected chi connectivity index (χ4v) is 1.65. The Morgan fingerprint density at radius 3 is 2.92 bits per heavy atom. The lowest BCUT2D eigenvalue weighted by molar-refractivity contribution is 0.949. The van der Waals surface area contributed by atoms with Crippen molar-refractivity contribution in [2.24, 2.45) is 0 Å². The summed E-state index contributed by atoms with van der Waals surface area (Å²) in [5.74, 6) is 0. The third-order valence-corrected chi connectivity index (χ3v) is 2.54. The van der Waals surface area contributed by atoms with Gasteiger partial charge in [-0.25, -0.2) is 4.98 Å². The highest BCUT2D eigenvalue weighted by molar-refractivity contribution is 7.09. The zero-order valence-electron chi connectivity index (χ0n) is 7.57. The predicted molar refractivity (Wildman–Crippen MR) is 58.9 cm³/mol. The van der Waals surface area contributed by atoms with Crippen molar-refractivity contribution in [3.05, 3.63) is 53.5 Å². The summed E-state index contributed by atoms with van der Waals surface area (Å²) in [5.41, 5.74) is 1.21. The molecule has 0 saturated carbocycles. The molecular formula is C11H13NS. The molecule has 0 aliphatic rings. The highest BCUT2D eigenvalue weighted by atomic mass is 32.1. The van der Waals surface area contributed by atoms with Crippen LogP contribution in [0, 0.1) is 0 Å². The zero-order valence-corrected chi connectivity index (χ0v) is 8.39. The summed E-state index contributed by atoms with van der Waals surface area (Å²) in [6, 6.07) is 0. The summed E-state index contributed by atoms with van der Waals surface area (Å²) in [6.07, 6.45) is 9.46. The van der Waals surface area contributed by atoms with Gasteiger partial charge in [-0.1, -0.05) is 31.4 Å². The lowest BCUT2D eigenvalue weighted by Gasteiger charge is -1.97. The van der Waals surface area contributed by atoms with Crippen LogP contribution in [0.1, 0.15) is 11.4 Å². The van der Waals surface area contributed by atoms with Gasteiger partial charge in [-0.2, -0.15) is 0 Å². The molecule has 1 aromatic rings. The summed E-state index contributed by atoms with van der Waals surface area (Å²) in [4.78, 5) is 4.21. The molecule has 1 rings (SSSR count). The number of nitrogens with zero attached hydrogens (tertiary/aromatic N) is 1. The van der Waals surface area contributed by atoms with Gasteiger partial charge in [-0.05, 0) is 12.0 Å². The third-order valence-electron chi connectivity index (χ3n) is 1.71. The largest absolute Gasteiger partial charge is 0.250 e. The Hall–Kier alpha value is -1.15. The van der Waals surface area contributed by atoms with E-state index in [4.69, 9.17) is 0 Å². The van der Waals surface area contributed by atoms with E-state index in [9.17, 15) is 0 Å². The van der Waals surface area contributed by atoms with Gasteiger partial charge in [0, 0.05) is 18.0 Å². The maximum atomic E-state index is 4.21. The molecule has 0 aliphatic carbocycles. The molecule has 0 spiro atoms. The summed E-state index contributed by atoms with van der Waals surface area (Å²) in [6.45, 7) is 7.40. The van der Waals surface area contributed by atoms with Crippen molar-refractivity contribution in [1.82, 2.24) is 4.98 Å². The van der Waals surface area contributed by atoms with Crippen LogP contribution in [0.3, 0.4) is 0 Å². The molecule has 13 heavy (non-hydrogen) atoms. The molecule has 0 N–H and O–H groups in total. The van der Waals surface area contributed by atoms with Crippen molar-refractivity contribution < 1.29 is 0 Å². The molecule has 0 bridgehead atoms. The summed E-state index contributed by atoms with van der Waals surface area (Å²) >= 11 is 1.70. The average molecular weight is 191 g/mol. The predicted octanol–water partition coefficient (Wildman–Crippen LogP) is 3.37. The molecule has 0 amide bonds. The molecular weight excluding hydrogens is 178 g/mol. The van der Waals surface area contributed by atoms with Crippen molar-refractivity contribution in [3.8, 4) is 0 Å². The topological polar surface area (TPSA) is 12.9 Å². The van der Waals surface area contributed by atoms with Gasteiger partial charge in [0.2, 0.25) is 0 Å². The molecule has 68 valence electrons. The van der Waals surface area contributed by atoms with Gasteiger partial charge in [-0.3, -0.25) is 0 Å². The minimum absolute atomic E-state index is 0.989. The Morgan fingerprint density at radius 2 is 2.38 bits per heavy atom. The maximum Gasteiger partial charge on any atom is 0.0928 e. The first-order valence-electron chi connectivity index (χ1n) is 4.19. The number of hydrogen-bond donors (Lipinski definition) is 0. The standard InChI is InChI=1S/C11H13NS/c1-3-5-10(4-2)6-7-11-12-8-9-13-11/h3-5,8-9H,1-2,6-7H2/b10-5+. The van der Waals surface area contributed by atoms with Crippen LogP contribution < -0.4 is 0 Å². The SMILES string of the molecule is C=C/C=C(\C=C)CCc1nccs1. The van der Waals surface area contributed by atoms with E-state index in [1.165, 1.54) is 10.6 Å². The van der Waals surface area contributed by atoms with E-state index in [0.29, 0.717) is 0 Å². The van der Waals surface area contributed by atoms with Crippen LogP contribution in [0.5, 0.6) is 0 Å². The fourth-order valence-electron chi connectivity index (χ4n) is 1.03. The van der Waals surface area contributed by atoms with E-state index in [2.05, 4.69) is 18.1 Å². The first-order valence-corrected chi connectivity index (χ1v) is 5.07. The van der Waals surface area contributed by atoms with E-state index in [0.717, 1.165) is 12.8 Å². The second-order valence-electron chi connectivity index (χ2n) is 2.61. The molecule has 0 aromatic carbocycles. The minimum Gasteiger partial charge on any atom is -0.250 e. The lowest BCUT2D eigenvalue weighted by atomic mass is 10.1. The Bertz CT molecular complexity index is 296. The maximum absolute atomic E-state index is 4.21. The number of allylic oxidation sites excluding steroid dienone is 4. The van der Waals surface area contributed by atoms with Crippen LogP contribution >= 0.6 is 11.3 Å². The van der Waals surface area contributed by atoms with Crippen LogP contribution in [-0.4, -0.2) is 4.98 Å². The van der Waals surface area contributed by atoms with E-state index in [-0.39, 0.29) is 0 Å². The number of rotatable bonds is 5. The number of aryl methyl sites for hydroxylation is 1. The van der Waals surface area contributed by atoms with E-state index in [1.807, 2.05) is 23.7 Å². The second-order valence-corrected chi connectivity index (χ2v) is 3.59. The number of hydrogen-bond acceptors (Lipinski definition) is 2. The molecule has 0 radical (unpaired) electrons. The highest BCUT2D eigenvalue weighted by Crippen LogP contribution is 2.11. The van der Waals surface area contributed by atoms with Gasteiger partial charge in [0.15, 0.2) is 0 Å².